The fourth-order valence-corrected chi connectivity index (χ4v) is 3.22. The first-order valence-electron chi connectivity index (χ1n) is 6.99. The Balaban J connectivity index is 0.00000116. The van der Waals surface area contributed by atoms with Crippen LogP contribution in [0.1, 0.15) is 25.0 Å². The summed E-state index contributed by atoms with van der Waals surface area (Å²) in [6.07, 6.45) is 2.62. The summed E-state index contributed by atoms with van der Waals surface area (Å²) in [6.45, 7) is 6.06. The number of benzene rings is 1. The first kappa shape index (κ1) is 20.0. The van der Waals surface area contributed by atoms with Gasteiger partial charge < -0.3 is 8.86 Å². The fraction of sp³-hybridized carbons (Fsp3) is 0.357. The van der Waals surface area contributed by atoms with Gasteiger partial charge in [-0.3, -0.25) is 9.24 Å². The van der Waals surface area contributed by atoms with Crippen molar-refractivity contribution in [2.75, 3.05) is 0 Å². The predicted molar refractivity (Wildman–Crippen MR) is 108 cm³/mol. The molecule has 5 atom stereocenters. The maximum absolute atomic E-state index is 11.8. The fourth-order valence-electron chi connectivity index (χ4n) is 2.20. The molecular formula is C14H24N2O2P4. The number of nitrogens with zero attached hydrogens (tertiary/aromatic N) is 2. The number of aryl methyl sites for hydroxylation is 1. The van der Waals surface area contributed by atoms with Crippen LogP contribution in [-0.4, -0.2) is 20.8 Å². The Morgan fingerprint density at radius 2 is 2.00 bits per heavy atom. The molecule has 1 heterocycles. The average Bonchev–Trinajstić information content (AvgIpc) is 2.81. The van der Waals surface area contributed by atoms with Gasteiger partial charge in [-0.2, -0.15) is 0 Å². The average molecular weight is 376 g/mol. The zero-order chi connectivity index (χ0) is 16.9. The molecule has 0 saturated heterocycles. The number of rotatable bonds is 4. The Morgan fingerprint density at radius 3 is 2.55 bits per heavy atom. The summed E-state index contributed by atoms with van der Waals surface area (Å²) in [5.74, 6) is -0.280. The van der Waals surface area contributed by atoms with Crippen LogP contribution in [0.3, 0.4) is 0 Å². The van der Waals surface area contributed by atoms with E-state index in [-0.39, 0.29) is 12.0 Å². The largest absolute Gasteiger partial charge is 0.450 e. The molecule has 0 N–H and O–H groups in total. The van der Waals surface area contributed by atoms with Crippen molar-refractivity contribution in [1.29, 1.82) is 0 Å². The summed E-state index contributed by atoms with van der Waals surface area (Å²) in [5.41, 5.74) is 3.45. The second-order valence-electron chi connectivity index (χ2n) is 4.69. The zero-order valence-electron chi connectivity index (χ0n) is 13.1. The van der Waals surface area contributed by atoms with E-state index in [2.05, 4.69) is 53.3 Å². The third kappa shape index (κ3) is 4.70. The quantitative estimate of drug-likeness (QED) is 0.763. The van der Waals surface area contributed by atoms with Crippen molar-refractivity contribution in [3.8, 4) is 0 Å². The first-order valence-corrected chi connectivity index (χ1v) is 9.01. The Bertz CT molecular complexity index is 643. The van der Waals surface area contributed by atoms with Crippen LogP contribution in [0.2, 0.25) is 0 Å². The van der Waals surface area contributed by atoms with E-state index in [4.69, 9.17) is 4.52 Å². The Kier molecular flexibility index (Phi) is 8.40. The number of carbonyl (C=O) groups excluding carboxylic acids is 1. The van der Waals surface area contributed by atoms with E-state index in [0.717, 1.165) is 11.1 Å². The van der Waals surface area contributed by atoms with Gasteiger partial charge in [-0.25, -0.2) is 0 Å². The smallest absolute Gasteiger partial charge is 0.326 e. The molecule has 4 nitrogen and oxygen atoms in total. The molecule has 0 aliphatic rings. The lowest BCUT2D eigenvalue weighted by Gasteiger charge is -2.20. The van der Waals surface area contributed by atoms with Crippen molar-refractivity contribution in [2.45, 2.75) is 33.2 Å². The lowest BCUT2D eigenvalue weighted by Crippen LogP contribution is -2.31. The van der Waals surface area contributed by atoms with Gasteiger partial charge in [0.15, 0.2) is 0 Å². The molecule has 0 aliphatic carbocycles. The van der Waals surface area contributed by atoms with Crippen molar-refractivity contribution in [3.05, 3.63) is 35.5 Å². The zero-order valence-corrected chi connectivity index (χ0v) is 17.7. The van der Waals surface area contributed by atoms with Gasteiger partial charge in [0, 0.05) is 18.0 Å². The Morgan fingerprint density at radius 1 is 1.36 bits per heavy atom. The number of fused-ring (bicyclic) bond motifs is 1. The van der Waals surface area contributed by atoms with Crippen LogP contribution in [0.5, 0.6) is 0 Å². The minimum Gasteiger partial charge on any atom is -0.450 e. The Labute approximate surface area is 141 Å². The normalized spacial score (nSPS) is 12.0. The third-order valence-corrected chi connectivity index (χ3v) is 4.61. The summed E-state index contributed by atoms with van der Waals surface area (Å²) in [6, 6.07) is 5.95. The first-order chi connectivity index (χ1) is 10.4. The number of hydrogen-bond donors (Lipinski definition) is 0. The van der Waals surface area contributed by atoms with Gasteiger partial charge in [-0.05, 0) is 34.0 Å². The molecule has 122 valence electrons. The summed E-state index contributed by atoms with van der Waals surface area (Å²) < 4.78 is 8.51. The van der Waals surface area contributed by atoms with Gasteiger partial charge in [-0.1, -0.05) is 44.3 Å². The molecule has 0 aliphatic heterocycles. The maximum Gasteiger partial charge on any atom is 0.326 e. The molecule has 1 aromatic heterocycles. The lowest BCUT2D eigenvalue weighted by molar-refractivity contribution is -0.136. The van der Waals surface area contributed by atoms with E-state index < -0.39 is 0 Å². The molecule has 2 rings (SSSR count). The highest BCUT2D eigenvalue weighted by Crippen LogP contribution is 2.28. The minimum absolute atomic E-state index is 0.280. The van der Waals surface area contributed by atoms with Gasteiger partial charge in [0.1, 0.15) is 6.04 Å². The lowest BCUT2D eigenvalue weighted by atomic mass is 10.0. The standard InChI is InChI=1S/C12H18N2O2P4.C2H6/c1-7-2-3-10-9(4-7)8(6-13(10)17)5-11(14(18)19)12(15)16-20;1-2/h2-4,6,11H,5,17-20H2,1H3;1-2H3. The van der Waals surface area contributed by atoms with Crippen LogP contribution in [0.4, 0.5) is 0 Å². The molecule has 22 heavy (non-hydrogen) atoms. The molecule has 1 aromatic carbocycles. The van der Waals surface area contributed by atoms with Crippen molar-refractivity contribution in [1.82, 2.24) is 8.78 Å². The van der Waals surface area contributed by atoms with Crippen molar-refractivity contribution >= 4 is 54.5 Å². The second kappa shape index (κ2) is 9.27. The van der Waals surface area contributed by atoms with Crippen LogP contribution in [0.25, 0.3) is 10.9 Å². The number of carbonyl (C=O) groups is 1. The molecule has 5 unspecified atom stereocenters. The maximum atomic E-state index is 11.8. The topological polar surface area (TPSA) is 34.5 Å². The van der Waals surface area contributed by atoms with Gasteiger partial charge in [0.05, 0.1) is 15.0 Å². The van der Waals surface area contributed by atoms with E-state index in [0.29, 0.717) is 6.42 Å². The predicted octanol–water partition coefficient (Wildman–Crippen LogP) is 3.74. The van der Waals surface area contributed by atoms with Gasteiger partial charge in [-0.15, -0.1) is 0 Å². The molecule has 0 saturated carbocycles. The van der Waals surface area contributed by atoms with E-state index in [1.54, 1.807) is 4.44 Å². The highest BCUT2D eigenvalue weighted by molar-refractivity contribution is 7.31. The van der Waals surface area contributed by atoms with E-state index in [9.17, 15) is 4.79 Å². The van der Waals surface area contributed by atoms with Crippen LogP contribution in [-0.2, 0) is 15.7 Å². The van der Waals surface area contributed by atoms with Crippen LogP contribution >= 0.6 is 37.6 Å². The summed E-state index contributed by atoms with van der Waals surface area (Å²) in [7, 11) is 9.67. The molecular weight excluding hydrogens is 352 g/mol. The number of aromatic nitrogens is 1. The minimum atomic E-state index is -0.362. The van der Waals surface area contributed by atoms with E-state index in [1.165, 1.54) is 10.9 Å². The Hall–Kier alpha value is -0.0900. The highest BCUT2D eigenvalue weighted by Gasteiger charge is 2.24. The SMILES string of the molecule is CC.Cc1ccc2c(c1)c(CC(C(=O)OP)N(P)P)cn2P. The second-order valence-corrected chi connectivity index (χ2v) is 7.27. The molecule has 0 spiro atoms. The van der Waals surface area contributed by atoms with E-state index in [1.807, 2.05) is 33.8 Å². The molecule has 0 fully saturated rings. The van der Waals surface area contributed by atoms with Gasteiger partial charge in [0.25, 0.3) is 0 Å². The number of hydrogen-bond acceptors (Lipinski definition) is 3. The molecule has 0 radical (unpaired) electrons. The molecule has 8 heteroatoms. The summed E-state index contributed by atoms with van der Waals surface area (Å²) in [5, 5.41) is 1.17. The van der Waals surface area contributed by atoms with Gasteiger partial charge >= 0.3 is 5.97 Å². The van der Waals surface area contributed by atoms with Crippen LogP contribution in [0.15, 0.2) is 24.4 Å². The van der Waals surface area contributed by atoms with Crippen molar-refractivity contribution in [3.63, 3.8) is 0 Å². The third-order valence-electron chi connectivity index (χ3n) is 3.23. The van der Waals surface area contributed by atoms with Crippen molar-refractivity contribution in [2.24, 2.45) is 0 Å². The molecule has 0 amide bonds. The molecule has 0 bridgehead atoms. The van der Waals surface area contributed by atoms with Crippen molar-refractivity contribution < 1.29 is 9.32 Å². The molecule has 2 aromatic rings. The summed E-state index contributed by atoms with van der Waals surface area (Å²) >= 11 is 0. The van der Waals surface area contributed by atoms with Crippen LogP contribution in [0, 0.1) is 6.92 Å². The van der Waals surface area contributed by atoms with Gasteiger partial charge in [0.2, 0.25) is 0 Å². The van der Waals surface area contributed by atoms with E-state index >= 15 is 0 Å². The monoisotopic (exact) mass is 376 g/mol. The summed E-state index contributed by atoms with van der Waals surface area (Å²) in [4.78, 5) is 11.8. The van der Waals surface area contributed by atoms with Crippen LogP contribution < -0.4 is 0 Å². The highest BCUT2D eigenvalue weighted by atomic mass is 31.1.